The molecule has 130 valence electrons. The molecule has 1 saturated carbocycles. The van der Waals surface area contributed by atoms with Gasteiger partial charge in [-0.05, 0) is 29.9 Å². The number of rotatable bonds is 5. The van der Waals surface area contributed by atoms with Crippen LogP contribution in [0.2, 0.25) is 0 Å². The van der Waals surface area contributed by atoms with E-state index >= 15 is 0 Å². The van der Waals surface area contributed by atoms with E-state index in [4.69, 9.17) is 10.7 Å². The smallest absolute Gasteiger partial charge is 0.229 e. The highest BCUT2D eigenvalue weighted by Crippen LogP contribution is 2.33. The molecule has 0 radical (unpaired) electrons. The van der Waals surface area contributed by atoms with Crippen LogP contribution in [0.25, 0.3) is 11.0 Å². The van der Waals surface area contributed by atoms with Crippen molar-refractivity contribution in [2.75, 3.05) is 10.6 Å². The fraction of sp³-hybridized carbons (Fsp3) is 0.421. The molecule has 0 bridgehead atoms. The van der Waals surface area contributed by atoms with E-state index < -0.39 is 0 Å². The highest BCUT2D eigenvalue weighted by Gasteiger charge is 2.31. The minimum absolute atomic E-state index is 0.494. The summed E-state index contributed by atoms with van der Waals surface area (Å²) in [5, 5.41) is 5.05. The van der Waals surface area contributed by atoms with Gasteiger partial charge in [0.25, 0.3) is 0 Å². The molecule has 1 aliphatic rings. The number of anilines is 2. The van der Waals surface area contributed by atoms with Crippen LogP contribution in [0.4, 0.5) is 11.8 Å². The maximum absolute atomic E-state index is 6.14. The van der Waals surface area contributed by atoms with Crippen molar-refractivity contribution in [3.8, 4) is 0 Å². The lowest BCUT2D eigenvalue weighted by Crippen LogP contribution is -2.27. The normalized spacial score (nSPS) is 14.4. The molecule has 1 aromatic carbocycles. The van der Waals surface area contributed by atoms with E-state index in [0.717, 1.165) is 17.6 Å². The topological polar surface area (TPSA) is 72.9 Å². The predicted octanol–water partition coefficient (Wildman–Crippen LogP) is 3.24. The van der Waals surface area contributed by atoms with E-state index in [9.17, 15) is 0 Å². The summed E-state index contributed by atoms with van der Waals surface area (Å²) in [5.41, 5.74) is 9.55. The van der Waals surface area contributed by atoms with Crippen molar-refractivity contribution in [1.29, 1.82) is 0 Å². The second-order valence-electron chi connectivity index (χ2n) is 7.17. The van der Waals surface area contributed by atoms with Crippen molar-refractivity contribution < 1.29 is 0 Å². The van der Waals surface area contributed by atoms with Crippen molar-refractivity contribution in [2.45, 2.75) is 45.2 Å². The fourth-order valence-electron chi connectivity index (χ4n) is 3.11. The van der Waals surface area contributed by atoms with E-state index in [2.05, 4.69) is 53.1 Å². The largest absolute Gasteiger partial charge is 0.383 e. The van der Waals surface area contributed by atoms with E-state index in [1.165, 1.54) is 24.0 Å². The molecule has 2 N–H and O–H groups in total. The van der Waals surface area contributed by atoms with Gasteiger partial charge >= 0.3 is 0 Å². The number of aryl methyl sites for hydroxylation is 1. The van der Waals surface area contributed by atoms with Crippen molar-refractivity contribution in [1.82, 2.24) is 19.7 Å². The number of hydrogen-bond acceptors (Lipinski definition) is 5. The van der Waals surface area contributed by atoms with Crippen LogP contribution in [-0.2, 0) is 13.6 Å². The van der Waals surface area contributed by atoms with Gasteiger partial charge in [-0.25, -0.2) is 0 Å². The number of benzene rings is 1. The van der Waals surface area contributed by atoms with Gasteiger partial charge in [-0.2, -0.15) is 15.1 Å². The quantitative estimate of drug-likeness (QED) is 0.774. The molecule has 0 atom stereocenters. The minimum Gasteiger partial charge on any atom is -0.383 e. The maximum Gasteiger partial charge on any atom is 0.229 e. The van der Waals surface area contributed by atoms with Crippen LogP contribution in [0.3, 0.4) is 0 Å². The molecular formula is C19H24N6. The number of nitrogens with two attached hydrogens (primary N) is 1. The van der Waals surface area contributed by atoms with Crippen LogP contribution in [0.15, 0.2) is 30.5 Å². The molecule has 6 nitrogen and oxygen atoms in total. The Labute approximate surface area is 147 Å². The molecule has 1 aliphatic carbocycles. The summed E-state index contributed by atoms with van der Waals surface area (Å²) in [7, 11) is 1.88. The summed E-state index contributed by atoms with van der Waals surface area (Å²) in [5.74, 6) is 1.74. The number of aromatic nitrogens is 4. The molecular weight excluding hydrogens is 312 g/mol. The summed E-state index contributed by atoms with van der Waals surface area (Å²) in [6.07, 6.45) is 4.08. The Morgan fingerprint density at radius 2 is 1.92 bits per heavy atom. The average molecular weight is 336 g/mol. The number of hydrogen-bond donors (Lipinski definition) is 1. The van der Waals surface area contributed by atoms with Gasteiger partial charge in [-0.15, -0.1) is 0 Å². The zero-order valence-corrected chi connectivity index (χ0v) is 15.0. The zero-order valence-electron chi connectivity index (χ0n) is 15.0. The van der Waals surface area contributed by atoms with Crippen LogP contribution < -0.4 is 10.6 Å². The third-order valence-electron chi connectivity index (χ3n) is 4.85. The first-order chi connectivity index (χ1) is 12.0. The Morgan fingerprint density at radius 3 is 2.56 bits per heavy atom. The zero-order chi connectivity index (χ0) is 17.6. The molecule has 0 unspecified atom stereocenters. The molecule has 6 heteroatoms. The van der Waals surface area contributed by atoms with Crippen LogP contribution in [0.5, 0.6) is 0 Å². The molecule has 3 aromatic rings. The lowest BCUT2D eigenvalue weighted by atomic mass is 10.0. The SMILES string of the molecule is CC(C)c1ccc(CN(c2nc(N)c3cnn(C)c3n2)C2CC2)cc1. The molecule has 0 aliphatic heterocycles. The molecule has 2 heterocycles. The van der Waals surface area contributed by atoms with Gasteiger partial charge < -0.3 is 10.6 Å². The van der Waals surface area contributed by atoms with Crippen LogP contribution in [-0.4, -0.2) is 25.8 Å². The van der Waals surface area contributed by atoms with Gasteiger partial charge in [0.1, 0.15) is 5.82 Å². The maximum atomic E-state index is 6.14. The molecule has 1 fully saturated rings. The number of nitrogens with zero attached hydrogens (tertiary/aromatic N) is 5. The van der Waals surface area contributed by atoms with E-state index in [1.54, 1.807) is 10.9 Å². The first-order valence-corrected chi connectivity index (χ1v) is 8.83. The van der Waals surface area contributed by atoms with Gasteiger partial charge in [0.2, 0.25) is 5.95 Å². The molecule has 25 heavy (non-hydrogen) atoms. The Hall–Kier alpha value is -2.63. The first kappa shape index (κ1) is 15.9. The second-order valence-corrected chi connectivity index (χ2v) is 7.17. The highest BCUT2D eigenvalue weighted by molar-refractivity contribution is 5.86. The van der Waals surface area contributed by atoms with Crippen molar-refractivity contribution >= 4 is 22.8 Å². The number of nitrogen functional groups attached to an aromatic ring is 1. The molecule has 0 spiro atoms. The third-order valence-corrected chi connectivity index (χ3v) is 4.85. The number of fused-ring (bicyclic) bond motifs is 1. The Balaban J connectivity index is 1.66. The summed E-state index contributed by atoms with van der Waals surface area (Å²) in [6, 6.07) is 9.33. The lowest BCUT2D eigenvalue weighted by molar-refractivity contribution is 0.749. The van der Waals surface area contributed by atoms with Gasteiger partial charge in [0.05, 0.1) is 11.6 Å². The van der Waals surface area contributed by atoms with E-state index in [-0.39, 0.29) is 0 Å². The van der Waals surface area contributed by atoms with Gasteiger partial charge in [-0.1, -0.05) is 38.1 Å². The predicted molar refractivity (Wildman–Crippen MR) is 100 cm³/mol. The van der Waals surface area contributed by atoms with Crippen molar-refractivity contribution in [2.24, 2.45) is 7.05 Å². The van der Waals surface area contributed by atoms with Gasteiger partial charge in [0.15, 0.2) is 5.65 Å². The Kier molecular flexibility index (Phi) is 3.82. The molecule has 2 aromatic heterocycles. The molecule has 0 amide bonds. The van der Waals surface area contributed by atoms with Gasteiger partial charge in [0, 0.05) is 19.6 Å². The van der Waals surface area contributed by atoms with E-state index in [1.807, 2.05) is 7.05 Å². The van der Waals surface area contributed by atoms with Crippen LogP contribution in [0.1, 0.15) is 43.7 Å². The molecule has 0 saturated heterocycles. The summed E-state index contributed by atoms with van der Waals surface area (Å²) < 4.78 is 1.75. The molecule has 4 rings (SSSR count). The average Bonchev–Trinajstić information content (AvgIpc) is 3.37. The van der Waals surface area contributed by atoms with E-state index in [0.29, 0.717) is 23.7 Å². The fourth-order valence-corrected chi connectivity index (χ4v) is 3.11. The first-order valence-electron chi connectivity index (χ1n) is 8.83. The minimum atomic E-state index is 0.494. The van der Waals surface area contributed by atoms with Crippen molar-refractivity contribution in [3.63, 3.8) is 0 Å². The monoisotopic (exact) mass is 336 g/mol. The summed E-state index contributed by atoms with van der Waals surface area (Å²) in [4.78, 5) is 11.6. The van der Waals surface area contributed by atoms with Crippen LogP contribution in [0, 0.1) is 0 Å². The standard InChI is InChI=1S/C19H24N6/c1-12(2)14-6-4-13(5-7-14)11-25(15-8-9-15)19-22-17(20)16-10-21-24(3)18(16)23-19/h4-7,10,12,15H,8-9,11H2,1-3H3,(H2,20,22,23). The van der Waals surface area contributed by atoms with Gasteiger partial charge in [-0.3, -0.25) is 4.68 Å². The summed E-state index contributed by atoms with van der Waals surface area (Å²) >= 11 is 0. The summed E-state index contributed by atoms with van der Waals surface area (Å²) in [6.45, 7) is 5.22. The van der Waals surface area contributed by atoms with Crippen LogP contribution >= 0.6 is 0 Å². The van der Waals surface area contributed by atoms with Crippen molar-refractivity contribution in [3.05, 3.63) is 41.6 Å². The Morgan fingerprint density at radius 1 is 1.20 bits per heavy atom. The second kappa shape index (κ2) is 6.02. The lowest BCUT2D eigenvalue weighted by Gasteiger charge is -2.23. The Bertz CT molecular complexity index is 892. The third kappa shape index (κ3) is 3.04. The highest BCUT2D eigenvalue weighted by atomic mass is 15.3.